The number of hydrogen-bond donors (Lipinski definition) is 1. The highest BCUT2D eigenvalue weighted by Crippen LogP contribution is 2.29. The molecule has 1 unspecified atom stereocenters. The summed E-state index contributed by atoms with van der Waals surface area (Å²) in [7, 11) is 3.16. The summed E-state index contributed by atoms with van der Waals surface area (Å²) in [5.41, 5.74) is 0.816. The number of likely N-dealkylation sites (N-methyl/N-ethyl adjacent to an activating group) is 1. The fourth-order valence-corrected chi connectivity index (χ4v) is 1.79. The third kappa shape index (κ3) is 3.31. The van der Waals surface area contributed by atoms with Crippen molar-refractivity contribution in [3.05, 3.63) is 29.8 Å². The van der Waals surface area contributed by atoms with Crippen LogP contribution in [0.2, 0.25) is 0 Å². The summed E-state index contributed by atoms with van der Waals surface area (Å²) < 4.78 is 5.23. The lowest BCUT2D eigenvalue weighted by Crippen LogP contribution is -2.26. The van der Waals surface area contributed by atoms with Crippen LogP contribution in [0.15, 0.2) is 24.3 Å². The maximum absolute atomic E-state index is 11.8. The van der Waals surface area contributed by atoms with Crippen LogP contribution in [-0.4, -0.2) is 26.4 Å². The van der Waals surface area contributed by atoms with E-state index in [1.54, 1.807) is 14.2 Å². The largest absolute Gasteiger partial charge is 0.496 e. The Balaban J connectivity index is 3.02. The molecular formula is C13H17NO3. The molecule has 0 aliphatic heterocycles. The standard InChI is InChI=1S/C13H17NO3/c1-14-13(16)11(7-5-9-15)10-6-3-4-8-12(10)17-2/h3-4,6,8-9,11H,5,7H2,1-2H3,(H,14,16). The molecule has 92 valence electrons. The quantitative estimate of drug-likeness (QED) is 0.760. The fourth-order valence-electron chi connectivity index (χ4n) is 1.79. The van der Waals surface area contributed by atoms with Gasteiger partial charge in [0.15, 0.2) is 0 Å². The second-order valence-corrected chi connectivity index (χ2v) is 3.65. The Labute approximate surface area is 101 Å². The van der Waals surface area contributed by atoms with Crippen molar-refractivity contribution in [3.8, 4) is 5.75 Å². The van der Waals surface area contributed by atoms with Gasteiger partial charge in [-0.15, -0.1) is 0 Å². The van der Waals surface area contributed by atoms with Gasteiger partial charge in [0.1, 0.15) is 12.0 Å². The number of rotatable bonds is 6. The molecule has 0 radical (unpaired) electrons. The number of carbonyl (C=O) groups excluding carboxylic acids is 2. The number of aldehydes is 1. The average Bonchev–Trinajstić information content (AvgIpc) is 2.39. The van der Waals surface area contributed by atoms with Gasteiger partial charge in [-0.05, 0) is 12.5 Å². The van der Waals surface area contributed by atoms with E-state index in [0.29, 0.717) is 18.6 Å². The van der Waals surface area contributed by atoms with Crippen LogP contribution in [0.1, 0.15) is 24.3 Å². The molecule has 0 heterocycles. The lowest BCUT2D eigenvalue weighted by atomic mass is 9.93. The van der Waals surface area contributed by atoms with Crippen molar-refractivity contribution in [2.45, 2.75) is 18.8 Å². The number of nitrogens with one attached hydrogen (secondary N) is 1. The molecule has 1 atom stereocenters. The van der Waals surface area contributed by atoms with Crippen molar-refractivity contribution in [2.75, 3.05) is 14.2 Å². The molecule has 1 N–H and O–H groups in total. The maximum Gasteiger partial charge on any atom is 0.227 e. The average molecular weight is 235 g/mol. The van der Waals surface area contributed by atoms with Crippen molar-refractivity contribution in [3.63, 3.8) is 0 Å². The topological polar surface area (TPSA) is 55.4 Å². The smallest absolute Gasteiger partial charge is 0.227 e. The van der Waals surface area contributed by atoms with E-state index in [1.807, 2.05) is 24.3 Å². The van der Waals surface area contributed by atoms with Crippen molar-refractivity contribution in [1.29, 1.82) is 0 Å². The highest BCUT2D eigenvalue weighted by Gasteiger charge is 2.22. The molecule has 0 spiro atoms. The monoisotopic (exact) mass is 235 g/mol. The van der Waals surface area contributed by atoms with Gasteiger partial charge < -0.3 is 14.8 Å². The molecule has 0 fully saturated rings. The van der Waals surface area contributed by atoms with Crippen LogP contribution >= 0.6 is 0 Å². The molecule has 0 saturated heterocycles. The van der Waals surface area contributed by atoms with Crippen LogP contribution < -0.4 is 10.1 Å². The van der Waals surface area contributed by atoms with Crippen molar-refractivity contribution in [1.82, 2.24) is 5.32 Å². The zero-order valence-electron chi connectivity index (χ0n) is 10.1. The van der Waals surface area contributed by atoms with Crippen molar-refractivity contribution < 1.29 is 14.3 Å². The molecule has 0 aromatic heterocycles. The Kier molecular flexibility index (Phi) is 5.20. The van der Waals surface area contributed by atoms with Gasteiger partial charge in [0.05, 0.1) is 13.0 Å². The number of para-hydroxylation sites is 1. The van der Waals surface area contributed by atoms with Crippen LogP contribution in [0.3, 0.4) is 0 Å². The van der Waals surface area contributed by atoms with Gasteiger partial charge in [0, 0.05) is 19.0 Å². The lowest BCUT2D eigenvalue weighted by molar-refractivity contribution is -0.122. The van der Waals surface area contributed by atoms with E-state index >= 15 is 0 Å². The summed E-state index contributed by atoms with van der Waals surface area (Å²) in [6.45, 7) is 0. The first-order chi connectivity index (χ1) is 8.24. The van der Waals surface area contributed by atoms with Gasteiger partial charge >= 0.3 is 0 Å². The minimum atomic E-state index is -0.346. The first kappa shape index (κ1) is 13.2. The van der Waals surface area contributed by atoms with Crippen molar-refractivity contribution in [2.24, 2.45) is 0 Å². The maximum atomic E-state index is 11.8. The van der Waals surface area contributed by atoms with Crippen LogP contribution in [0.25, 0.3) is 0 Å². The molecular weight excluding hydrogens is 218 g/mol. The Morgan fingerprint density at radius 2 is 2.18 bits per heavy atom. The van der Waals surface area contributed by atoms with Crippen LogP contribution in [0.5, 0.6) is 5.75 Å². The van der Waals surface area contributed by atoms with E-state index in [2.05, 4.69) is 5.32 Å². The first-order valence-electron chi connectivity index (χ1n) is 5.52. The van der Waals surface area contributed by atoms with E-state index in [1.165, 1.54) is 0 Å². The van der Waals surface area contributed by atoms with E-state index < -0.39 is 0 Å². The molecule has 1 aromatic carbocycles. The summed E-state index contributed by atoms with van der Waals surface area (Å²) in [5.74, 6) is 0.227. The molecule has 17 heavy (non-hydrogen) atoms. The molecule has 1 amide bonds. The molecule has 0 aliphatic rings. The molecule has 1 aromatic rings. The second-order valence-electron chi connectivity index (χ2n) is 3.65. The van der Waals surface area contributed by atoms with Gasteiger partial charge in [-0.2, -0.15) is 0 Å². The summed E-state index contributed by atoms with van der Waals surface area (Å²) >= 11 is 0. The minimum Gasteiger partial charge on any atom is -0.496 e. The van der Waals surface area contributed by atoms with Gasteiger partial charge in [0.2, 0.25) is 5.91 Å². The second kappa shape index (κ2) is 6.68. The number of carbonyl (C=O) groups is 2. The first-order valence-corrected chi connectivity index (χ1v) is 5.52. The summed E-state index contributed by atoms with van der Waals surface area (Å²) in [4.78, 5) is 22.2. The number of hydrogen-bond acceptors (Lipinski definition) is 3. The molecule has 0 aliphatic carbocycles. The van der Waals surface area contributed by atoms with E-state index in [4.69, 9.17) is 4.74 Å². The third-order valence-electron chi connectivity index (χ3n) is 2.65. The van der Waals surface area contributed by atoms with E-state index in [0.717, 1.165) is 11.8 Å². The van der Waals surface area contributed by atoms with Crippen molar-refractivity contribution >= 4 is 12.2 Å². The van der Waals surface area contributed by atoms with E-state index in [-0.39, 0.29) is 11.8 Å². The lowest BCUT2D eigenvalue weighted by Gasteiger charge is -2.17. The molecule has 4 nitrogen and oxygen atoms in total. The zero-order valence-corrected chi connectivity index (χ0v) is 10.1. The minimum absolute atomic E-state index is 0.101. The van der Waals surface area contributed by atoms with Crippen LogP contribution in [0, 0.1) is 0 Å². The zero-order chi connectivity index (χ0) is 12.7. The van der Waals surface area contributed by atoms with E-state index in [9.17, 15) is 9.59 Å². The van der Waals surface area contributed by atoms with Gasteiger partial charge in [-0.1, -0.05) is 18.2 Å². The molecule has 4 heteroatoms. The molecule has 1 rings (SSSR count). The number of amides is 1. The Bertz CT molecular complexity index is 390. The molecule has 0 bridgehead atoms. The Morgan fingerprint density at radius 3 is 2.76 bits per heavy atom. The Hall–Kier alpha value is -1.84. The van der Waals surface area contributed by atoms with Gasteiger partial charge in [0.25, 0.3) is 0 Å². The van der Waals surface area contributed by atoms with Gasteiger partial charge in [-0.3, -0.25) is 4.79 Å². The summed E-state index contributed by atoms with van der Waals surface area (Å²) in [6, 6.07) is 7.37. The SMILES string of the molecule is CNC(=O)C(CCC=O)c1ccccc1OC. The summed E-state index contributed by atoms with van der Waals surface area (Å²) in [5, 5.41) is 2.61. The van der Waals surface area contributed by atoms with Gasteiger partial charge in [-0.25, -0.2) is 0 Å². The number of methoxy groups -OCH3 is 1. The normalized spacial score (nSPS) is 11.6. The fraction of sp³-hybridized carbons (Fsp3) is 0.385. The predicted molar refractivity (Wildman–Crippen MR) is 65.1 cm³/mol. The summed E-state index contributed by atoms with van der Waals surface area (Å²) in [6.07, 6.45) is 1.67. The van der Waals surface area contributed by atoms with Crippen LogP contribution in [0.4, 0.5) is 0 Å². The highest BCUT2D eigenvalue weighted by atomic mass is 16.5. The predicted octanol–water partition coefficient (Wildman–Crippen LogP) is 1.50. The van der Waals surface area contributed by atoms with Crippen LogP contribution in [-0.2, 0) is 9.59 Å². The number of ether oxygens (including phenoxy) is 1. The third-order valence-corrected chi connectivity index (χ3v) is 2.65. The highest BCUT2D eigenvalue weighted by molar-refractivity contribution is 5.84. The molecule has 0 saturated carbocycles. The number of benzene rings is 1. The Morgan fingerprint density at radius 1 is 1.47 bits per heavy atom.